The van der Waals surface area contributed by atoms with Crippen molar-refractivity contribution >= 4 is 12.1 Å². The number of hydrogen-bond donors (Lipinski definition) is 0. The molecule has 0 aliphatic heterocycles. The van der Waals surface area contributed by atoms with Crippen LogP contribution in [0.15, 0.2) is 23.8 Å². The van der Waals surface area contributed by atoms with Crippen molar-refractivity contribution in [1.82, 2.24) is 0 Å². The van der Waals surface area contributed by atoms with E-state index in [-0.39, 0.29) is 11.7 Å². The summed E-state index contributed by atoms with van der Waals surface area (Å²) in [7, 11) is 0. The largest absolute Gasteiger partial charge is 0.299 e. The summed E-state index contributed by atoms with van der Waals surface area (Å²) in [6.45, 7) is 5.34. The maximum Gasteiger partial charge on any atom is 0.146 e. The monoisotopic (exact) mass is 178 g/mol. The molecule has 0 bridgehead atoms. The summed E-state index contributed by atoms with van der Waals surface area (Å²) >= 11 is 0. The molecule has 0 fully saturated rings. The molecule has 2 heteroatoms. The summed E-state index contributed by atoms with van der Waals surface area (Å²) < 4.78 is 0. The summed E-state index contributed by atoms with van der Waals surface area (Å²) in [5, 5.41) is 0. The predicted octanol–water partition coefficient (Wildman–Crippen LogP) is 1.91. The lowest BCUT2D eigenvalue weighted by Crippen LogP contribution is -2.33. The van der Waals surface area contributed by atoms with Gasteiger partial charge in [0.2, 0.25) is 0 Å². The fourth-order valence-electron chi connectivity index (χ4n) is 1.56. The Balaban J connectivity index is 3.08. The molecule has 0 aromatic carbocycles. The molecule has 0 radical (unpaired) electrons. The van der Waals surface area contributed by atoms with E-state index in [0.29, 0.717) is 5.57 Å². The van der Waals surface area contributed by atoms with Crippen molar-refractivity contribution in [3.8, 4) is 0 Å². The predicted molar refractivity (Wildman–Crippen MR) is 51.2 cm³/mol. The first kappa shape index (κ1) is 9.90. The Hall–Kier alpha value is -1.18. The van der Waals surface area contributed by atoms with Crippen LogP contribution in [0.1, 0.15) is 20.8 Å². The summed E-state index contributed by atoms with van der Waals surface area (Å²) in [5.74, 6) is 0.0798. The van der Waals surface area contributed by atoms with Crippen molar-refractivity contribution in [3.05, 3.63) is 23.8 Å². The SMILES string of the molecule is CC(=O)C1(C)C=CC=C(C=O)C1C. The van der Waals surface area contributed by atoms with Gasteiger partial charge >= 0.3 is 0 Å². The second-order valence-electron chi connectivity index (χ2n) is 3.70. The number of aldehydes is 1. The third-order valence-electron chi connectivity index (χ3n) is 3.03. The molecule has 0 aromatic rings. The van der Waals surface area contributed by atoms with E-state index in [1.165, 1.54) is 0 Å². The minimum atomic E-state index is -0.509. The molecular formula is C11H14O2. The topological polar surface area (TPSA) is 34.1 Å². The molecule has 13 heavy (non-hydrogen) atoms. The van der Waals surface area contributed by atoms with Gasteiger partial charge in [0.1, 0.15) is 12.1 Å². The van der Waals surface area contributed by atoms with E-state index in [0.717, 1.165) is 6.29 Å². The van der Waals surface area contributed by atoms with Gasteiger partial charge in [0, 0.05) is 5.92 Å². The van der Waals surface area contributed by atoms with Crippen LogP contribution >= 0.6 is 0 Å². The van der Waals surface area contributed by atoms with Crippen LogP contribution in [0.5, 0.6) is 0 Å². The fourth-order valence-corrected chi connectivity index (χ4v) is 1.56. The molecule has 0 amide bonds. The smallest absolute Gasteiger partial charge is 0.146 e. The number of allylic oxidation sites excluding steroid dienone is 4. The second kappa shape index (κ2) is 3.29. The highest BCUT2D eigenvalue weighted by Gasteiger charge is 2.36. The van der Waals surface area contributed by atoms with Crippen LogP contribution in [0.3, 0.4) is 0 Å². The molecule has 0 saturated carbocycles. The lowest BCUT2D eigenvalue weighted by atomic mass is 9.69. The minimum absolute atomic E-state index is 0.0208. The Morgan fingerprint density at radius 3 is 2.69 bits per heavy atom. The van der Waals surface area contributed by atoms with E-state index in [4.69, 9.17) is 0 Å². The molecule has 2 unspecified atom stereocenters. The van der Waals surface area contributed by atoms with Crippen molar-refractivity contribution in [3.63, 3.8) is 0 Å². The summed E-state index contributed by atoms with van der Waals surface area (Å²) in [5.41, 5.74) is 0.186. The number of hydrogen-bond acceptors (Lipinski definition) is 2. The van der Waals surface area contributed by atoms with Crippen LogP contribution < -0.4 is 0 Å². The van der Waals surface area contributed by atoms with Gasteiger partial charge < -0.3 is 0 Å². The molecule has 0 spiro atoms. The Labute approximate surface area is 78.3 Å². The molecule has 1 aliphatic rings. The Morgan fingerprint density at radius 1 is 1.62 bits per heavy atom. The fraction of sp³-hybridized carbons (Fsp3) is 0.455. The standard InChI is InChI=1S/C11H14O2/c1-8-10(7-12)5-4-6-11(8,3)9(2)13/h4-8H,1-3H3. The van der Waals surface area contributed by atoms with Gasteiger partial charge in [0.15, 0.2) is 0 Å². The summed E-state index contributed by atoms with van der Waals surface area (Å²) in [6.07, 6.45) is 6.25. The van der Waals surface area contributed by atoms with Gasteiger partial charge in [-0.1, -0.05) is 25.2 Å². The van der Waals surface area contributed by atoms with E-state index < -0.39 is 5.41 Å². The third kappa shape index (κ3) is 1.48. The van der Waals surface area contributed by atoms with E-state index in [1.54, 1.807) is 19.1 Å². The molecule has 0 heterocycles. The van der Waals surface area contributed by atoms with Crippen molar-refractivity contribution in [1.29, 1.82) is 0 Å². The molecule has 0 aromatic heterocycles. The number of Topliss-reactive ketones (excluding diaryl/α,β-unsaturated/α-hetero) is 1. The maximum absolute atomic E-state index is 11.4. The number of rotatable bonds is 2. The van der Waals surface area contributed by atoms with Gasteiger partial charge in [0.05, 0.1) is 5.41 Å². The number of carbonyl (C=O) groups is 2. The highest BCUT2D eigenvalue weighted by molar-refractivity contribution is 5.88. The van der Waals surface area contributed by atoms with E-state index in [2.05, 4.69) is 0 Å². The minimum Gasteiger partial charge on any atom is -0.299 e. The Bertz CT molecular complexity index is 299. The summed E-state index contributed by atoms with van der Waals surface area (Å²) in [4.78, 5) is 22.1. The van der Waals surface area contributed by atoms with Gasteiger partial charge in [-0.3, -0.25) is 9.59 Å². The van der Waals surface area contributed by atoms with Crippen LogP contribution in [0.2, 0.25) is 0 Å². The van der Waals surface area contributed by atoms with Gasteiger partial charge in [-0.25, -0.2) is 0 Å². The highest BCUT2D eigenvalue weighted by atomic mass is 16.1. The molecule has 70 valence electrons. The van der Waals surface area contributed by atoms with Gasteiger partial charge in [-0.05, 0) is 19.4 Å². The zero-order chi connectivity index (χ0) is 10.1. The number of ketones is 1. The quantitative estimate of drug-likeness (QED) is 0.605. The first-order chi connectivity index (χ1) is 6.02. The molecular weight excluding hydrogens is 164 g/mol. The van der Waals surface area contributed by atoms with Gasteiger partial charge in [0.25, 0.3) is 0 Å². The van der Waals surface area contributed by atoms with Crippen LogP contribution in [0.25, 0.3) is 0 Å². The van der Waals surface area contributed by atoms with E-state index in [9.17, 15) is 9.59 Å². The van der Waals surface area contributed by atoms with Crippen LogP contribution in [-0.4, -0.2) is 12.1 Å². The van der Waals surface area contributed by atoms with Crippen LogP contribution in [-0.2, 0) is 9.59 Å². The maximum atomic E-state index is 11.4. The normalized spacial score (nSPS) is 32.5. The third-order valence-corrected chi connectivity index (χ3v) is 3.03. The first-order valence-electron chi connectivity index (χ1n) is 4.38. The average molecular weight is 178 g/mol. The zero-order valence-corrected chi connectivity index (χ0v) is 8.20. The van der Waals surface area contributed by atoms with Gasteiger partial charge in [-0.2, -0.15) is 0 Å². The van der Waals surface area contributed by atoms with Crippen molar-refractivity contribution in [2.45, 2.75) is 20.8 Å². The lowest BCUT2D eigenvalue weighted by molar-refractivity contribution is -0.125. The summed E-state index contributed by atoms with van der Waals surface area (Å²) in [6, 6.07) is 0. The molecule has 1 rings (SSSR count). The molecule has 0 saturated heterocycles. The van der Waals surface area contributed by atoms with Crippen LogP contribution in [0.4, 0.5) is 0 Å². The second-order valence-corrected chi connectivity index (χ2v) is 3.70. The van der Waals surface area contributed by atoms with Crippen molar-refractivity contribution in [2.24, 2.45) is 11.3 Å². The Kier molecular flexibility index (Phi) is 2.50. The average Bonchev–Trinajstić information content (AvgIpc) is 2.09. The zero-order valence-electron chi connectivity index (χ0n) is 8.20. The van der Waals surface area contributed by atoms with Gasteiger partial charge in [-0.15, -0.1) is 0 Å². The molecule has 2 atom stereocenters. The lowest BCUT2D eigenvalue weighted by Gasteiger charge is -2.32. The molecule has 0 N–H and O–H groups in total. The number of carbonyl (C=O) groups excluding carboxylic acids is 2. The van der Waals surface area contributed by atoms with Crippen molar-refractivity contribution in [2.75, 3.05) is 0 Å². The van der Waals surface area contributed by atoms with Crippen molar-refractivity contribution < 1.29 is 9.59 Å². The Morgan fingerprint density at radius 2 is 2.23 bits per heavy atom. The molecule has 2 nitrogen and oxygen atoms in total. The first-order valence-corrected chi connectivity index (χ1v) is 4.38. The molecule has 1 aliphatic carbocycles. The van der Waals surface area contributed by atoms with E-state index >= 15 is 0 Å². The van der Waals surface area contributed by atoms with Crippen LogP contribution in [0, 0.1) is 11.3 Å². The highest BCUT2D eigenvalue weighted by Crippen LogP contribution is 2.37. The van der Waals surface area contributed by atoms with E-state index in [1.807, 2.05) is 19.9 Å².